The average molecular weight is 370 g/mol. The Kier molecular flexibility index (Phi) is 7.11. The summed E-state index contributed by atoms with van der Waals surface area (Å²) in [6.07, 6.45) is 0.855. The van der Waals surface area contributed by atoms with Crippen LogP contribution in [-0.4, -0.2) is 24.9 Å². The first kappa shape index (κ1) is 20.6. The molecule has 0 aliphatic rings. The van der Waals surface area contributed by atoms with Crippen molar-refractivity contribution >= 4 is 11.8 Å². The molecule has 0 bridgehead atoms. The molecule has 4 nitrogen and oxygen atoms in total. The van der Waals surface area contributed by atoms with E-state index in [0.717, 1.165) is 5.56 Å². The van der Waals surface area contributed by atoms with Gasteiger partial charge in [0.15, 0.2) is 0 Å². The molecule has 27 heavy (non-hydrogen) atoms. The predicted octanol–water partition coefficient (Wildman–Crippen LogP) is 3.60. The Morgan fingerprint density at radius 3 is 2.11 bits per heavy atom. The topological polar surface area (TPSA) is 58.2 Å². The molecule has 2 rings (SSSR count). The number of nitrogens with one attached hydrogen (secondary N) is 2. The molecule has 0 aliphatic heterocycles. The minimum atomic E-state index is -0.272. The normalized spacial score (nSPS) is 11.1. The Morgan fingerprint density at radius 2 is 1.52 bits per heavy atom. The molecule has 0 radical (unpaired) electrons. The molecule has 2 N–H and O–H groups in total. The van der Waals surface area contributed by atoms with Crippen LogP contribution in [0.15, 0.2) is 48.5 Å². The zero-order chi connectivity index (χ0) is 19.9. The van der Waals surface area contributed by atoms with Gasteiger partial charge in [-0.1, -0.05) is 45.0 Å². The zero-order valence-electron chi connectivity index (χ0n) is 16.1. The van der Waals surface area contributed by atoms with Gasteiger partial charge in [0.2, 0.25) is 5.91 Å². The van der Waals surface area contributed by atoms with Crippen molar-refractivity contribution in [1.29, 1.82) is 0 Å². The number of hydrogen-bond acceptors (Lipinski definition) is 2. The second-order valence-corrected chi connectivity index (χ2v) is 7.56. The van der Waals surface area contributed by atoms with Crippen LogP contribution in [0.2, 0.25) is 0 Å². The fourth-order valence-electron chi connectivity index (χ4n) is 2.60. The van der Waals surface area contributed by atoms with Crippen LogP contribution >= 0.6 is 0 Å². The minimum absolute atomic E-state index is 0.0427. The Morgan fingerprint density at radius 1 is 0.889 bits per heavy atom. The summed E-state index contributed by atoms with van der Waals surface area (Å²) in [4.78, 5) is 24.0. The van der Waals surface area contributed by atoms with Crippen molar-refractivity contribution in [3.05, 3.63) is 71.0 Å². The second kappa shape index (κ2) is 9.31. The Balaban J connectivity index is 1.68. The summed E-state index contributed by atoms with van der Waals surface area (Å²) in [7, 11) is 0. The first-order chi connectivity index (χ1) is 12.8. The van der Waals surface area contributed by atoms with E-state index >= 15 is 0 Å². The monoisotopic (exact) mass is 370 g/mol. The molecular weight excluding hydrogens is 343 g/mol. The molecule has 0 spiro atoms. The molecule has 2 aromatic carbocycles. The van der Waals surface area contributed by atoms with E-state index in [1.54, 1.807) is 24.3 Å². The quantitative estimate of drug-likeness (QED) is 0.782. The standard InChI is InChI=1S/C22H27FN2O2/c1-22(2,3)18-8-6-17(7-9-18)21(27)25-15-13-20(26)24-14-12-16-4-10-19(23)11-5-16/h4-11H,12-15H2,1-3H3,(H,24,26)(H,25,27). The molecule has 2 amide bonds. The maximum atomic E-state index is 12.8. The van der Waals surface area contributed by atoms with Crippen LogP contribution in [0.4, 0.5) is 4.39 Å². The third-order valence-corrected chi connectivity index (χ3v) is 4.30. The highest BCUT2D eigenvalue weighted by molar-refractivity contribution is 5.94. The lowest BCUT2D eigenvalue weighted by Gasteiger charge is -2.19. The van der Waals surface area contributed by atoms with E-state index in [2.05, 4.69) is 31.4 Å². The largest absolute Gasteiger partial charge is 0.356 e. The molecule has 0 aliphatic carbocycles. The number of benzene rings is 2. The molecule has 0 aromatic heterocycles. The second-order valence-electron chi connectivity index (χ2n) is 7.56. The van der Waals surface area contributed by atoms with Crippen LogP contribution < -0.4 is 10.6 Å². The summed E-state index contributed by atoms with van der Waals surface area (Å²) in [5.41, 5.74) is 2.75. The molecule has 0 saturated carbocycles. The Bertz CT molecular complexity index is 762. The average Bonchev–Trinajstić information content (AvgIpc) is 2.62. The highest BCUT2D eigenvalue weighted by atomic mass is 19.1. The zero-order valence-corrected chi connectivity index (χ0v) is 16.1. The summed E-state index contributed by atoms with van der Waals surface area (Å²) in [5, 5.41) is 5.56. The fraction of sp³-hybridized carbons (Fsp3) is 0.364. The van der Waals surface area contributed by atoms with Gasteiger partial charge >= 0.3 is 0 Å². The van der Waals surface area contributed by atoms with Crippen molar-refractivity contribution in [2.45, 2.75) is 39.0 Å². The van der Waals surface area contributed by atoms with Crippen LogP contribution in [0.1, 0.15) is 48.7 Å². The molecular formula is C22H27FN2O2. The van der Waals surface area contributed by atoms with Crippen molar-refractivity contribution in [3.63, 3.8) is 0 Å². The molecule has 144 valence electrons. The highest BCUT2D eigenvalue weighted by Crippen LogP contribution is 2.22. The fourth-order valence-corrected chi connectivity index (χ4v) is 2.60. The Labute approximate surface area is 160 Å². The van der Waals surface area contributed by atoms with Crippen LogP contribution in [0, 0.1) is 5.82 Å². The van der Waals surface area contributed by atoms with Crippen molar-refractivity contribution in [2.75, 3.05) is 13.1 Å². The smallest absolute Gasteiger partial charge is 0.251 e. The third kappa shape index (κ3) is 6.85. The van der Waals surface area contributed by atoms with Gasteiger partial charge in [0.1, 0.15) is 5.82 Å². The summed E-state index contributed by atoms with van der Waals surface area (Å²) in [6.45, 7) is 7.12. The van der Waals surface area contributed by atoms with Gasteiger partial charge in [0, 0.05) is 25.1 Å². The van der Waals surface area contributed by atoms with Crippen molar-refractivity contribution in [2.24, 2.45) is 0 Å². The van der Waals surface area contributed by atoms with E-state index in [1.165, 1.54) is 17.7 Å². The lowest BCUT2D eigenvalue weighted by atomic mass is 9.87. The van der Waals surface area contributed by atoms with Gasteiger partial charge in [0.05, 0.1) is 0 Å². The maximum Gasteiger partial charge on any atom is 0.251 e. The van der Waals surface area contributed by atoms with Gasteiger partial charge in [0.25, 0.3) is 5.91 Å². The van der Waals surface area contributed by atoms with Crippen molar-refractivity contribution < 1.29 is 14.0 Å². The van der Waals surface area contributed by atoms with Gasteiger partial charge < -0.3 is 10.6 Å². The predicted molar refractivity (Wildman–Crippen MR) is 105 cm³/mol. The number of hydrogen-bond donors (Lipinski definition) is 2. The van der Waals surface area contributed by atoms with E-state index in [-0.39, 0.29) is 36.0 Å². The molecule has 2 aromatic rings. The summed E-state index contributed by atoms with van der Waals surface area (Å²) < 4.78 is 12.8. The van der Waals surface area contributed by atoms with E-state index in [4.69, 9.17) is 0 Å². The summed E-state index contributed by atoms with van der Waals surface area (Å²) >= 11 is 0. The maximum absolute atomic E-state index is 12.8. The summed E-state index contributed by atoms with van der Waals surface area (Å²) in [6, 6.07) is 13.7. The SMILES string of the molecule is CC(C)(C)c1ccc(C(=O)NCCC(=O)NCCc2ccc(F)cc2)cc1. The highest BCUT2D eigenvalue weighted by Gasteiger charge is 2.14. The van der Waals surface area contributed by atoms with Crippen LogP contribution in [0.3, 0.4) is 0 Å². The van der Waals surface area contributed by atoms with Gasteiger partial charge in [-0.2, -0.15) is 0 Å². The molecule has 0 atom stereocenters. The van der Waals surface area contributed by atoms with E-state index < -0.39 is 0 Å². The van der Waals surface area contributed by atoms with E-state index in [9.17, 15) is 14.0 Å². The van der Waals surface area contributed by atoms with Gasteiger partial charge in [-0.05, 0) is 47.2 Å². The number of carbonyl (C=O) groups excluding carboxylic acids is 2. The number of rotatable bonds is 7. The third-order valence-electron chi connectivity index (χ3n) is 4.30. The van der Waals surface area contributed by atoms with Crippen LogP contribution in [-0.2, 0) is 16.6 Å². The van der Waals surface area contributed by atoms with Gasteiger partial charge in [-0.3, -0.25) is 9.59 Å². The lowest BCUT2D eigenvalue weighted by Crippen LogP contribution is -2.31. The van der Waals surface area contributed by atoms with E-state index in [0.29, 0.717) is 18.5 Å². The first-order valence-electron chi connectivity index (χ1n) is 9.15. The number of halogens is 1. The molecule has 0 saturated heterocycles. The first-order valence-corrected chi connectivity index (χ1v) is 9.15. The molecule has 0 fully saturated rings. The van der Waals surface area contributed by atoms with Crippen LogP contribution in [0.5, 0.6) is 0 Å². The van der Waals surface area contributed by atoms with Crippen molar-refractivity contribution in [3.8, 4) is 0 Å². The molecule has 0 heterocycles. The molecule has 5 heteroatoms. The van der Waals surface area contributed by atoms with Gasteiger partial charge in [-0.15, -0.1) is 0 Å². The van der Waals surface area contributed by atoms with E-state index in [1.807, 2.05) is 12.1 Å². The minimum Gasteiger partial charge on any atom is -0.356 e. The number of amides is 2. The lowest BCUT2D eigenvalue weighted by molar-refractivity contribution is -0.120. The Hall–Kier alpha value is -2.69. The van der Waals surface area contributed by atoms with Gasteiger partial charge in [-0.25, -0.2) is 4.39 Å². The summed E-state index contributed by atoms with van der Waals surface area (Å²) in [5.74, 6) is -0.582. The van der Waals surface area contributed by atoms with Crippen LogP contribution in [0.25, 0.3) is 0 Å². The molecule has 0 unspecified atom stereocenters. The number of carbonyl (C=O) groups is 2. The van der Waals surface area contributed by atoms with Crippen molar-refractivity contribution in [1.82, 2.24) is 10.6 Å².